The molecular formula is C20H17ClN2O4S2. The van der Waals surface area contributed by atoms with Crippen molar-refractivity contribution in [3.63, 3.8) is 0 Å². The lowest BCUT2D eigenvalue weighted by molar-refractivity contribution is -0.123. The number of aromatic nitrogens is 1. The number of rotatable bonds is 7. The van der Waals surface area contributed by atoms with Gasteiger partial charge in [0.2, 0.25) is 6.10 Å². The molecule has 1 saturated carbocycles. The van der Waals surface area contributed by atoms with Gasteiger partial charge < -0.3 is 4.74 Å². The summed E-state index contributed by atoms with van der Waals surface area (Å²) < 4.78 is 30.7. The van der Waals surface area contributed by atoms with Gasteiger partial charge in [0.1, 0.15) is 5.75 Å². The summed E-state index contributed by atoms with van der Waals surface area (Å²) in [5.41, 5.74) is 0.531. The highest BCUT2D eigenvalue weighted by Crippen LogP contribution is 2.34. The van der Waals surface area contributed by atoms with Gasteiger partial charge in [-0.3, -0.25) is 10.1 Å². The normalized spacial score (nSPS) is 14.9. The lowest BCUT2D eigenvalue weighted by atomic mass is 10.1. The van der Waals surface area contributed by atoms with Gasteiger partial charge in [-0.1, -0.05) is 23.7 Å². The number of anilines is 1. The Morgan fingerprint density at radius 2 is 1.83 bits per heavy atom. The zero-order valence-corrected chi connectivity index (χ0v) is 17.5. The van der Waals surface area contributed by atoms with Crippen LogP contribution in [0.4, 0.5) is 5.13 Å². The number of ether oxygens (including phenoxy) is 1. The Hall–Kier alpha value is -2.42. The van der Waals surface area contributed by atoms with Crippen molar-refractivity contribution in [3.05, 3.63) is 70.7 Å². The summed E-state index contributed by atoms with van der Waals surface area (Å²) in [7, 11) is -3.30. The fourth-order valence-electron chi connectivity index (χ4n) is 2.78. The predicted molar refractivity (Wildman–Crippen MR) is 112 cm³/mol. The van der Waals surface area contributed by atoms with Crippen molar-refractivity contribution in [2.45, 2.75) is 29.1 Å². The maximum atomic E-state index is 12.9. The van der Waals surface area contributed by atoms with Crippen molar-refractivity contribution in [1.82, 2.24) is 4.98 Å². The zero-order chi connectivity index (χ0) is 20.4. The van der Waals surface area contributed by atoms with Crippen molar-refractivity contribution in [2.24, 2.45) is 0 Å². The van der Waals surface area contributed by atoms with Crippen molar-refractivity contribution in [2.75, 3.05) is 5.32 Å². The molecule has 1 heterocycles. The Bertz CT molecular complexity index is 1090. The van der Waals surface area contributed by atoms with E-state index in [-0.39, 0.29) is 10.1 Å². The molecule has 1 aliphatic carbocycles. The monoisotopic (exact) mass is 448 g/mol. The molecule has 3 aromatic rings. The smallest absolute Gasteiger partial charge is 0.271 e. The lowest BCUT2D eigenvalue weighted by Gasteiger charge is -2.19. The van der Waals surface area contributed by atoms with Crippen LogP contribution in [0.25, 0.3) is 0 Å². The van der Waals surface area contributed by atoms with Crippen LogP contribution in [0.1, 0.15) is 24.5 Å². The second-order valence-corrected chi connectivity index (χ2v) is 10.2. The minimum absolute atomic E-state index is 0.259. The molecule has 1 fully saturated rings. The van der Waals surface area contributed by atoms with E-state index in [2.05, 4.69) is 10.3 Å². The first kappa shape index (κ1) is 19.9. The molecule has 2 aromatic carbocycles. The maximum Gasteiger partial charge on any atom is 0.271 e. The molecular weight excluding hydrogens is 432 g/mol. The Balaban J connectivity index is 1.61. The highest BCUT2D eigenvalue weighted by molar-refractivity contribution is 7.92. The minimum atomic E-state index is -3.30. The van der Waals surface area contributed by atoms with Crippen LogP contribution in [-0.2, 0) is 14.6 Å². The summed E-state index contributed by atoms with van der Waals surface area (Å²) >= 11 is 7.21. The summed E-state index contributed by atoms with van der Waals surface area (Å²) in [6.45, 7) is 0. The standard InChI is InChI=1S/C20H17ClN2O4S2/c21-14-3-5-15(6-4-14)27-18(19(24)23-20-22-11-12-28-20)13-1-7-16(8-2-13)29(25,26)17-9-10-17/h1-8,11-12,17-18H,9-10H2,(H,22,23,24). The van der Waals surface area contributed by atoms with Crippen molar-refractivity contribution in [1.29, 1.82) is 0 Å². The Kier molecular flexibility index (Phi) is 5.58. The summed E-state index contributed by atoms with van der Waals surface area (Å²) in [5, 5.41) is 5.19. The fraction of sp³-hybridized carbons (Fsp3) is 0.200. The van der Waals surface area contributed by atoms with E-state index in [0.717, 1.165) is 0 Å². The van der Waals surface area contributed by atoms with Crippen LogP contribution in [0, 0.1) is 0 Å². The molecule has 0 bridgehead atoms. The zero-order valence-electron chi connectivity index (χ0n) is 15.1. The van der Waals surface area contributed by atoms with E-state index >= 15 is 0 Å². The quantitative estimate of drug-likeness (QED) is 0.575. The van der Waals surface area contributed by atoms with Crippen LogP contribution in [0.2, 0.25) is 5.02 Å². The van der Waals surface area contributed by atoms with Gasteiger partial charge in [-0.05, 0) is 49.2 Å². The molecule has 9 heteroatoms. The van der Waals surface area contributed by atoms with E-state index < -0.39 is 21.8 Å². The molecule has 0 saturated heterocycles. The van der Waals surface area contributed by atoms with Gasteiger partial charge in [0.05, 0.1) is 10.1 Å². The molecule has 29 heavy (non-hydrogen) atoms. The van der Waals surface area contributed by atoms with Crippen LogP contribution in [0.3, 0.4) is 0 Å². The lowest BCUT2D eigenvalue weighted by Crippen LogP contribution is -2.25. The van der Waals surface area contributed by atoms with Crippen LogP contribution < -0.4 is 10.1 Å². The molecule has 150 valence electrons. The summed E-state index contributed by atoms with van der Waals surface area (Å²) in [6, 6.07) is 12.9. The van der Waals surface area contributed by atoms with E-state index in [4.69, 9.17) is 16.3 Å². The molecule has 4 rings (SSSR count). The molecule has 6 nitrogen and oxygen atoms in total. The highest BCUT2D eigenvalue weighted by Gasteiger charge is 2.37. The van der Waals surface area contributed by atoms with E-state index in [0.29, 0.717) is 34.3 Å². The highest BCUT2D eigenvalue weighted by atomic mass is 35.5. The summed E-state index contributed by atoms with van der Waals surface area (Å²) in [6.07, 6.45) is 2.00. The van der Waals surface area contributed by atoms with Crippen molar-refractivity contribution in [3.8, 4) is 5.75 Å². The third-order valence-electron chi connectivity index (χ3n) is 4.44. The van der Waals surface area contributed by atoms with Gasteiger partial charge in [-0.25, -0.2) is 13.4 Å². The van der Waals surface area contributed by atoms with E-state index in [1.165, 1.54) is 23.5 Å². The van der Waals surface area contributed by atoms with Gasteiger partial charge in [0.25, 0.3) is 5.91 Å². The molecule has 0 aliphatic heterocycles. The Morgan fingerprint density at radius 1 is 1.14 bits per heavy atom. The van der Waals surface area contributed by atoms with E-state index in [1.54, 1.807) is 48.0 Å². The predicted octanol–water partition coefficient (Wildman–Crippen LogP) is 4.49. The first-order chi connectivity index (χ1) is 13.9. The van der Waals surface area contributed by atoms with Gasteiger partial charge >= 0.3 is 0 Å². The van der Waals surface area contributed by atoms with Gasteiger partial charge in [-0.15, -0.1) is 11.3 Å². The number of carbonyl (C=O) groups is 1. The van der Waals surface area contributed by atoms with Gasteiger partial charge in [-0.2, -0.15) is 0 Å². The maximum absolute atomic E-state index is 12.9. The number of sulfone groups is 1. The number of carbonyl (C=O) groups excluding carboxylic acids is 1. The Labute approximate surface area is 177 Å². The average Bonchev–Trinajstić information content (AvgIpc) is 3.47. The second kappa shape index (κ2) is 8.14. The Morgan fingerprint density at radius 3 is 2.41 bits per heavy atom. The number of thiazole rings is 1. The topological polar surface area (TPSA) is 85.4 Å². The molecule has 1 N–H and O–H groups in total. The first-order valence-electron chi connectivity index (χ1n) is 8.90. The molecule has 0 spiro atoms. The van der Waals surface area contributed by atoms with E-state index in [9.17, 15) is 13.2 Å². The molecule has 1 amide bonds. The first-order valence-corrected chi connectivity index (χ1v) is 11.7. The number of hydrogen-bond acceptors (Lipinski definition) is 6. The summed E-state index contributed by atoms with van der Waals surface area (Å²) in [5.74, 6) is 0.0519. The molecule has 1 aromatic heterocycles. The van der Waals surface area contributed by atoms with Gasteiger partial charge in [0, 0.05) is 22.2 Å². The number of nitrogens with one attached hydrogen (secondary N) is 1. The summed E-state index contributed by atoms with van der Waals surface area (Å²) in [4.78, 5) is 17.2. The van der Waals surface area contributed by atoms with E-state index in [1.807, 2.05) is 0 Å². The van der Waals surface area contributed by atoms with Crippen LogP contribution in [0.15, 0.2) is 65.0 Å². The number of benzene rings is 2. The second-order valence-electron chi connectivity index (χ2n) is 6.59. The third kappa shape index (κ3) is 4.60. The van der Waals surface area contributed by atoms with Crippen LogP contribution in [-0.4, -0.2) is 24.6 Å². The van der Waals surface area contributed by atoms with Crippen molar-refractivity contribution < 1.29 is 17.9 Å². The van der Waals surface area contributed by atoms with Crippen LogP contribution in [0.5, 0.6) is 5.75 Å². The van der Waals surface area contributed by atoms with Crippen LogP contribution >= 0.6 is 22.9 Å². The third-order valence-corrected chi connectivity index (χ3v) is 7.66. The largest absolute Gasteiger partial charge is 0.476 e. The van der Waals surface area contributed by atoms with Crippen molar-refractivity contribution >= 4 is 43.8 Å². The number of amides is 1. The minimum Gasteiger partial charge on any atom is -0.476 e. The number of nitrogens with zero attached hydrogens (tertiary/aromatic N) is 1. The molecule has 1 unspecified atom stereocenters. The average molecular weight is 449 g/mol. The number of hydrogen-bond donors (Lipinski definition) is 1. The molecule has 1 atom stereocenters. The number of halogens is 1. The SMILES string of the molecule is O=C(Nc1nccs1)C(Oc1ccc(Cl)cc1)c1ccc(S(=O)(=O)C2CC2)cc1. The van der Waals surface area contributed by atoms with Gasteiger partial charge in [0.15, 0.2) is 15.0 Å². The molecule has 1 aliphatic rings. The molecule has 0 radical (unpaired) electrons. The fourth-order valence-corrected chi connectivity index (χ4v) is 5.10.